The lowest BCUT2D eigenvalue weighted by molar-refractivity contribution is -0.113. The monoisotopic (exact) mass is 244 g/mol. The zero-order chi connectivity index (χ0) is 13.0. The molecule has 0 saturated carbocycles. The fourth-order valence-electron chi connectivity index (χ4n) is 2.21. The van der Waals surface area contributed by atoms with E-state index < -0.39 is 0 Å². The lowest BCUT2D eigenvalue weighted by Gasteiger charge is -2.37. The summed E-state index contributed by atoms with van der Waals surface area (Å²) in [7, 11) is 0. The normalized spacial score (nSPS) is 18.0. The van der Waals surface area contributed by atoms with Gasteiger partial charge >= 0.3 is 0 Å². The molecule has 1 heterocycles. The van der Waals surface area contributed by atoms with Gasteiger partial charge in [0.2, 0.25) is 0 Å². The fraction of sp³-hybridized carbons (Fsp3) is 0.400. The van der Waals surface area contributed by atoms with Gasteiger partial charge in [0.1, 0.15) is 0 Å². The van der Waals surface area contributed by atoms with E-state index in [9.17, 15) is 4.79 Å². The molecule has 1 N–H and O–H groups in total. The van der Waals surface area contributed by atoms with Crippen molar-refractivity contribution in [1.29, 1.82) is 0 Å². The minimum Gasteiger partial charge on any atom is -0.322 e. The van der Waals surface area contributed by atoms with Crippen molar-refractivity contribution in [2.24, 2.45) is 0 Å². The van der Waals surface area contributed by atoms with Crippen LogP contribution in [0.1, 0.15) is 20.3 Å². The van der Waals surface area contributed by atoms with Crippen LogP contribution in [0, 0.1) is 0 Å². The number of hydrogen-bond acceptors (Lipinski definition) is 2. The average Bonchev–Trinajstić information content (AvgIpc) is 2.28. The van der Waals surface area contributed by atoms with Crippen molar-refractivity contribution in [3.05, 3.63) is 42.0 Å². The Bertz CT molecular complexity index is 435. The summed E-state index contributed by atoms with van der Waals surface area (Å²) in [4.78, 5) is 14.5. The Morgan fingerprint density at radius 1 is 1.33 bits per heavy atom. The summed E-state index contributed by atoms with van der Waals surface area (Å²) >= 11 is 0. The molecular weight excluding hydrogens is 224 g/mol. The van der Waals surface area contributed by atoms with Crippen LogP contribution in [0.4, 0.5) is 5.69 Å². The van der Waals surface area contributed by atoms with Crippen LogP contribution >= 0.6 is 0 Å². The second-order valence-electron chi connectivity index (χ2n) is 4.63. The van der Waals surface area contributed by atoms with Crippen molar-refractivity contribution in [2.75, 3.05) is 18.4 Å². The molecule has 1 aromatic rings. The molecular formula is C15H20N2O. The number of nitrogens with one attached hydrogen (secondary N) is 1. The molecule has 1 unspecified atom stereocenters. The topological polar surface area (TPSA) is 32.3 Å². The molecule has 3 heteroatoms. The Kier molecular flexibility index (Phi) is 4.15. The summed E-state index contributed by atoms with van der Waals surface area (Å²) in [6.07, 6.45) is 3.16. The van der Waals surface area contributed by atoms with Gasteiger partial charge in [0, 0.05) is 17.3 Å². The molecule has 0 bridgehead atoms. The Morgan fingerprint density at radius 2 is 2.00 bits per heavy atom. The van der Waals surface area contributed by atoms with Crippen molar-refractivity contribution >= 4 is 11.6 Å². The zero-order valence-corrected chi connectivity index (χ0v) is 11.0. The second kappa shape index (κ2) is 5.83. The third kappa shape index (κ3) is 2.79. The average molecular weight is 244 g/mol. The molecule has 0 aliphatic carbocycles. The highest BCUT2D eigenvalue weighted by Gasteiger charge is 2.26. The van der Waals surface area contributed by atoms with E-state index in [2.05, 4.69) is 17.1 Å². The number of hydrogen-bond donors (Lipinski definition) is 1. The van der Waals surface area contributed by atoms with Gasteiger partial charge < -0.3 is 5.32 Å². The zero-order valence-electron chi connectivity index (χ0n) is 11.0. The third-order valence-corrected chi connectivity index (χ3v) is 3.49. The highest BCUT2D eigenvalue weighted by molar-refractivity contribution is 6.04. The predicted octanol–water partition coefficient (Wildman–Crippen LogP) is 2.67. The summed E-state index contributed by atoms with van der Waals surface area (Å²) < 4.78 is 0. The third-order valence-electron chi connectivity index (χ3n) is 3.49. The van der Waals surface area contributed by atoms with Gasteiger partial charge in [-0.3, -0.25) is 9.69 Å². The van der Waals surface area contributed by atoms with E-state index >= 15 is 0 Å². The SMILES string of the molecule is C/C=C(/C(=O)Nc1ccccc1)C(C)N1CCC1. The van der Waals surface area contributed by atoms with Gasteiger partial charge in [-0.25, -0.2) is 0 Å². The van der Waals surface area contributed by atoms with Gasteiger partial charge in [0.15, 0.2) is 0 Å². The Labute approximate surface area is 108 Å². The number of carbonyl (C=O) groups is 1. The van der Waals surface area contributed by atoms with E-state index in [-0.39, 0.29) is 11.9 Å². The minimum absolute atomic E-state index is 0.00287. The molecule has 1 aliphatic heterocycles. The van der Waals surface area contributed by atoms with Crippen molar-refractivity contribution in [3.8, 4) is 0 Å². The number of amides is 1. The number of anilines is 1. The van der Waals surface area contributed by atoms with Crippen molar-refractivity contribution in [1.82, 2.24) is 4.90 Å². The van der Waals surface area contributed by atoms with Gasteiger partial charge in [0.05, 0.1) is 0 Å². The maximum Gasteiger partial charge on any atom is 0.252 e. The summed E-state index contributed by atoms with van der Waals surface area (Å²) in [6.45, 7) is 6.21. The molecule has 3 nitrogen and oxygen atoms in total. The lowest BCUT2D eigenvalue weighted by Crippen LogP contribution is -2.46. The van der Waals surface area contributed by atoms with E-state index in [0.717, 1.165) is 24.4 Å². The van der Waals surface area contributed by atoms with Crippen LogP contribution < -0.4 is 5.32 Å². The molecule has 0 radical (unpaired) electrons. The van der Waals surface area contributed by atoms with Crippen LogP contribution in [0.3, 0.4) is 0 Å². The highest BCUT2D eigenvalue weighted by atomic mass is 16.1. The molecule has 2 rings (SSSR count). The number of carbonyl (C=O) groups excluding carboxylic acids is 1. The number of para-hydroxylation sites is 1. The number of likely N-dealkylation sites (tertiary alicyclic amines) is 1. The molecule has 0 aromatic heterocycles. The Hall–Kier alpha value is -1.61. The number of rotatable bonds is 4. The molecule has 1 aliphatic rings. The largest absolute Gasteiger partial charge is 0.322 e. The van der Waals surface area contributed by atoms with Crippen LogP contribution in [0.15, 0.2) is 42.0 Å². The number of nitrogens with zero attached hydrogens (tertiary/aromatic N) is 1. The standard InChI is InChI=1S/C15H20N2O/c1-3-14(12(2)17-10-7-11-17)15(18)16-13-8-5-4-6-9-13/h3-6,8-9,12H,7,10-11H2,1-2H3,(H,16,18)/b14-3+. The van der Waals surface area contributed by atoms with Crippen molar-refractivity contribution < 1.29 is 4.79 Å². The summed E-state index contributed by atoms with van der Waals surface area (Å²) in [5.74, 6) is 0.00287. The van der Waals surface area contributed by atoms with E-state index in [0.29, 0.717) is 0 Å². The maximum absolute atomic E-state index is 12.2. The lowest BCUT2D eigenvalue weighted by atomic mass is 10.0. The molecule has 1 fully saturated rings. The van der Waals surface area contributed by atoms with Crippen LogP contribution in [-0.4, -0.2) is 29.9 Å². The molecule has 1 aromatic carbocycles. The number of benzene rings is 1. The Balaban J connectivity index is 2.02. The maximum atomic E-state index is 12.2. The molecule has 1 amide bonds. The highest BCUT2D eigenvalue weighted by Crippen LogP contribution is 2.19. The quantitative estimate of drug-likeness (QED) is 0.826. The van der Waals surface area contributed by atoms with Crippen molar-refractivity contribution in [3.63, 3.8) is 0 Å². The molecule has 0 spiro atoms. The summed E-state index contributed by atoms with van der Waals surface area (Å²) in [6, 6.07) is 9.79. The van der Waals surface area contributed by atoms with Gasteiger partial charge in [-0.1, -0.05) is 24.3 Å². The fourth-order valence-corrected chi connectivity index (χ4v) is 2.21. The van der Waals surface area contributed by atoms with Crippen LogP contribution in [0.2, 0.25) is 0 Å². The Morgan fingerprint density at radius 3 is 2.50 bits per heavy atom. The first-order valence-electron chi connectivity index (χ1n) is 6.49. The van der Waals surface area contributed by atoms with Crippen LogP contribution in [-0.2, 0) is 4.79 Å². The van der Waals surface area contributed by atoms with E-state index in [1.54, 1.807) is 0 Å². The van der Waals surface area contributed by atoms with E-state index in [4.69, 9.17) is 0 Å². The minimum atomic E-state index is 0.00287. The smallest absolute Gasteiger partial charge is 0.252 e. The molecule has 1 saturated heterocycles. The van der Waals surface area contributed by atoms with Gasteiger partial charge in [-0.05, 0) is 45.5 Å². The first kappa shape index (κ1) is 12.8. The molecule has 96 valence electrons. The van der Waals surface area contributed by atoms with Crippen LogP contribution in [0.25, 0.3) is 0 Å². The molecule has 18 heavy (non-hydrogen) atoms. The first-order chi connectivity index (χ1) is 8.72. The van der Waals surface area contributed by atoms with Gasteiger partial charge in [0.25, 0.3) is 5.91 Å². The van der Waals surface area contributed by atoms with Gasteiger partial charge in [-0.2, -0.15) is 0 Å². The summed E-state index contributed by atoms with van der Waals surface area (Å²) in [5.41, 5.74) is 1.69. The van der Waals surface area contributed by atoms with Crippen LogP contribution in [0.5, 0.6) is 0 Å². The van der Waals surface area contributed by atoms with Crippen molar-refractivity contribution in [2.45, 2.75) is 26.3 Å². The van der Waals surface area contributed by atoms with Gasteiger partial charge in [-0.15, -0.1) is 0 Å². The van der Waals surface area contributed by atoms with E-state index in [1.807, 2.05) is 43.3 Å². The second-order valence-corrected chi connectivity index (χ2v) is 4.63. The van der Waals surface area contributed by atoms with E-state index in [1.165, 1.54) is 6.42 Å². The number of allylic oxidation sites excluding steroid dienone is 1. The summed E-state index contributed by atoms with van der Waals surface area (Å²) in [5, 5.41) is 2.94. The molecule has 1 atom stereocenters. The first-order valence-corrected chi connectivity index (χ1v) is 6.49. The predicted molar refractivity (Wildman–Crippen MR) is 74.5 cm³/mol.